The minimum atomic E-state index is -0.771. The SMILES string of the molecule is COc1ccc(OC)c(NC(=O)[C@@H]2CC(c3ccc(Cl)cc3Cl)=NO2)c1. The zero-order valence-corrected chi connectivity index (χ0v) is 15.6. The molecule has 1 atom stereocenters. The Morgan fingerprint density at radius 3 is 2.69 bits per heavy atom. The number of benzene rings is 2. The van der Waals surface area contributed by atoms with Crippen LogP contribution in [0.4, 0.5) is 5.69 Å². The zero-order valence-electron chi connectivity index (χ0n) is 14.1. The lowest BCUT2D eigenvalue weighted by Gasteiger charge is -2.13. The summed E-state index contributed by atoms with van der Waals surface area (Å²) in [6.45, 7) is 0. The number of anilines is 1. The van der Waals surface area contributed by atoms with E-state index >= 15 is 0 Å². The number of rotatable bonds is 5. The second-order valence-corrected chi connectivity index (χ2v) is 6.36. The van der Waals surface area contributed by atoms with Gasteiger partial charge in [-0.25, -0.2) is 0 Å². The zero-order chi connectivity index (χ0) is 18.7. The molecule has 2 aromatic carbocycles. The van der Waals surface area contributed by atoms with E-state index in [2.05, 4.69) is 10.5 Å². The third-order valence-electron chi connectivity index (χ3n) is 3.87. The van der Waals surface area contributed by atoms with Crippen LogP contribution in [0.15, 0.2) is 41.6 Å². The van der Waals surface area contributed by atoms with Gasteiger partial charge in [0.2, 0.25) is 6.10 Å². The van der Waals surface area contributed by atoms with Crippen LogP contribution in [0.3, 0.4) is 0 Å². The standard InChI is InChI=1S/C18H16Cl2N2O4/c1-24-11-4-6-16(25-2)15(8-11)21-18(23)17-9-14(22-26-17)12-5-3-10(19)7-13(12)20/h3-8,17H,9H2,1-2H3,(H,21,23)/t17-/m0/s1. The van der Waals surface area contributed by atoms with Gasteiger partial charge in [0.1, 0.15) is 11.5 Å². The number of oxime groups is 1. The summed E-state index contributed by atoms with van der Waals surface area (Å²) in [7, 11) is 3.07. The van der Waals surface area contributed by atoms with Gasteiger partial charge in [-0.05, 0) is 24.3 Å². The van der Waals surface area contributed by atoms with E-state index in [0.29, 0.717) is 44.9 Å². The average molecular weight is 395 g/mol. The van der Waals surface area contributed by atoms with Crippen LogP contribution in [0.25, 0.3) is 0 Å². The molecule has 0 unspecified atom stereocenters. The van der Waals surface area contributed by atoms with Crippen molar-refractivity contribution in [3.63, 3.8) is 0 Å². The van der Waals surface area contributed by atoms with Gasteiger partial charge in [-0.15, -0.1) is 0 Å². The second kappa shape index (κ2) is 7.85. The van der Waals surface area contributed by atoms with Gasteiger partial charge in [-0.2, -0.15) is 0 Å². The second-order valence-electron chi connectivity index (χ2n) is 5.52. The Balaban J connectivity index is 1.71. The maximum absolute atomic E-state index is 12.5. The molecule has 0 radical (unpaired) electrons. The van der Waals surface area contributed by atoms with Crippen molar-refractivity contribution in [1.29, 1.82) is 0 Å². The van der Waals surface area contributed by atoms with Crippen molar-refractivity contribution in [2.75, 3.05) is 19.5 Å². The first-order chi connectivity index (χ1) is 12.5. The molecule has 1 aliphatic rings. The van der Waals surface area contributed by atoms with Crippen molar-refractivity contribution in [1.82, 2.24) is 0 Å². The molecule has 0 bridgehead atoms. The number of amides is 1. The van der Waals surface area contributed by atoms with Crippen molar-refractivity contribution in [2.24, 2.45) is 5.16 Å². The molecule has 8 heteroatoms. The molecule has 1 N–H and O–H groups in total. The third kappa shape index (κ3) is 3.86. The minimum Gasteiger partial charge on any atom is -0.497 e. The molecule has 136 valence electrons. The van der Waals surface area contributed by atoms with Crippen LogP contribution in [0.1, 0.15) is 12.0 Å². The highest BCUT2D eigenvalue weighted by Gasteiger charge is 2.30. The van der Waals surface area contributed by atoms with E-state index in [1.165, 1.54) is 7.11 Å². The maximum atomic E-state index is 12.5. The van der Waals surface area contributed by atoms with E-state index in [9.17, 15) is 4.79 Å². The lowest BCUT2D eigenvalue weighted by atomic mass is 10.0. The van der Waals surface area contributed by atoms with Gasteiger partial charge in [0, 0.05) is 23.1 Å². The van der Waals surface area contributed by atoms with E-state index in [0.717, 1.165) is 0 Å². The number of nitrogens with zero attached hydrogens (tertiary/aromatic N) is 1. The molecule has 0 saturated carbocycles. The van der Waals surface area contributed by atoms with Crippen LogP contribution < -0.4 is 14.8 Å². The van der Waals surface area contributed by atoms with Crippen LogP contribution in [0.5, 0.6) is 11.5 Å². The van der Waals surface area contributed by atoms with Crippen LogP contribution >= 0.6 is 23.2 Å². The molecule has 6 nitrogen and oxygen atoms in total. The molecular formula is C18H16Cl2N2O4. The van der Waals surface area contributed by atoms with Crippen LogP contribution in [0.2, 0.25) is 10.0 Å². The number of nitrogens with one attached hydrogen (secondary N) is 1. The molecule has 1 aliphatic heterocycles. The van der Waals surface area contributed by atoms with Gasteiger partial charge in [0.05, 0.1) is 30.6 Å². The molecule has 1 amide bonds. The van der Waals surface area contributed by atoms with E-state index < -0.39 is 6.10 Å². The van der Waals surface area contributed by atoms with Gasteiger partial charge in [0.15, 0.2) is 0 Å². The number of ether oxygens (including phenoxy) is 2. The highest BCUT2D eigenvalue weighted by Crippen LogP contribution is 2.30. The van der Waals surface area contributed by atoms with Gasteiger partial charge in [-0.1, -0.05) is 34.4 Å². The molecule has 2 aromatic rings. The summed E-state index contributed by atoms with van der Waals surface area (Å²) in [6.07, 6.45) is -0.480. The molecule has 0 spiro atoms. The van der Waals surface area contributed by atoms with Gasteiger partial charge in [0.25, 0.3) is 5.91 Å². The number of hydrogen-bond acceptors (Lipinski definition) is 5. The summed E-state index contributed by atoms with van der Waals surface area (Å²) in [5.41, 5.74) is 1.76. The Morgan fingerprint density at radius 1 is 1.19 bits per heavy atom. The largest absolute Gasteiger partial charge is 0.497 e. The summed E-state index contributed by atoms with van der Waals surface area (Å²) in [6, 6.07) is 10.2. The Hall–Kier alpha value is -2.44. The summed E-state index contributed by atoms with van der Waals surface area (Å²) in [4.78, 5) is 17.8. The molecule has 0 aromatic heterocycles. The van der Waals surface area contributed by atoms with Gasteiger partial charge in [-0.3, -0.25) is 4.79 Å². The normalized spacial score (nSPS) is 15.8. The van der Waals surface area contributed by atoms with Crippen molar-refractivity contribution in [2.45, 2.75) is 12.5 Å². The summed E-state index contributed by atoms with van der Waals surface area (Å²) >= 11 is 12.1. The summed E-state index contributed by atoms with van der Waals surface area (Å²) < 4.78 is 10.4. The molecule has 3 rings (SSSR count). The topological polar surface area (TPSA) is 69.2 Å². The van der Waals surface area contributed by atoms with E-state index in [1.54, 1.807) is 43.5 Å². The Kier molecular flexibility index (Phi) is 5.54. The predicted molar refractivity (Wildman–Crippen MR) is 101 cm³/mol. The summed E-state index contributed by atoms with van der Waals surface area (Å²) in [5, 5.41) is 7.75. The van der Waals surface area contributed by atoms with Crippen molar-refractivity contribution < 1.29 is 19.1 Å². The Labute approximate surface area is 160 Å². The fraction of sp³-hybridized carbons (Fsp3) is 0.222. The molecule has 0 fully saturated rings. The molecular weight excluding hydrogens is 379 g/mol. The van der Waals surface area contributed by atoms with Crippen molar-refractivity contribution in [3.05, 3.63) is 52.0 Å². The average Bonchev–Trinajstić information content (AvgIpc) is 3.11. The Morgan fingerprint density at radius 2 is 2.00 bits per heavy atom. The lowest BCUT2D eigenvalue weighted by molar-refractivity contribution is -0.125. The van der Waals surface area contributed by atoms with Gasteiger partial charge >= 0.3 is 0 Å². The minimum absolute atomic E-state index is 0.291. The van der Waals surface area contributed by atoms with Crippen molar-refractivity contribution >= 4 is 40.5 Å². The predicted octanol–water partition coefficient (Wildman–Crippen LogP) is 4.14. The van der Waals surface area contributed by atoms with E-state index in [4.69, 9.17) is 37.5 Å². The summed E-state index contributed by atoms with van der Waals surface area (Å²) in [5.74, 6) is 0.762. The fourth-order valence-corrected chi connectivity index (χ4v) is 3.04. The quantitative estimate of drug-likeness (QED) is 0.826. The highest BCUT2D eigenvalue weighted by atomic mass is 35.5. The molecule has 0 saturated heterocycles. The first-order valence-electron chi connectivity index (χ1n) is 7.73. The number of carbonyl (C=O) groups excluding carboxylic acids is 1. The van der Waals surface area contributed by atoms with Crippen LogP contribution in [0, 0.1) is 0 Å². The number of halogens is 2. The van der Waals surface area contributed by atoms with Crippen molar-refractivity contribution in [3.8, 4) is 11.5 Å². The Bertz CT molecular complexity index is 870. The van der Waals surface area contributed by atoms with Crippen LogP contribution in [-0.4, -0.2) is 31.9 Å². The van der Waals surface area contributed by atoms with E-state index in [-0.39, 0.29) is 5.91 Å². The van der Waals surface area contributed by atoms with E-state index in [1.807, 2.05) is 0 Å². The first-order valence-corrected chi connectivity index (χ1v) is 8.48. The number of carbonyl (C=O) groups is 1. The van der Waals surface area contributed by atoms with Crippen LogP contribution in [-0.2, 0) is 9.63 Å². The molecule has 0 aliphatic carbocycles. The first kappa shape index (κ1) is 18.4. The smallest absolute Gasteiger partial charge is 0.268 e. The third-order valence-corrected chi connectivity index (χ3v) is 4.42. The highest BCUT2D eigenvalue weighted by molar-refractivity contribution is 6.37. The number of hydrogen-bond donors (Lipinski definition) is 1. The molecule has 26 heavy (non-hydrogen) atoms. The molecule has 1 heterocycles. The fourth-order valence-electron chi connectivity index (χ4n) is 2.53. The van der Waals surface area contributed by atoms with Gasteiger partial charge < -0.3 is 19.6 Å². The number of methoxy groups -OCH3 is 2. The monoisotopic (exact) mass is 394 g/mol. The maximum Gasteiger partial charge on any atom is 0.268 e. The lowest BCUT2D eigenvalue weighted by Crippen LogP contribution is -2.28.